The second-order valence-corrected chi connectivity index (χ2v) is 6.99. The SMILES string of the molecule is CCc1ccc(-c2ccc([C@H]3CC[C@H](CC=CF)CC3)cc2)cc1. The highest BCUT2D eigenvalue weighted by Crippen LogP contribution is 2.37. The Morgan fingerprint density at radius 1 is 0.875 bits per heavy atom. The van der Waals surface area contributed by atoms with Crippen LogP contribution in [-0.4, -0.2) is 0 Å². The lowest BCUT2D eigenvalue weighted by molar-refractivity contribution is 0.327. The number of halogens is 1. The van der Waals surface area contributed by atoms with Crippen LogP contribution in [0.15, 0.2) is 60.9 Å². The van der Waals surface area contributed by atoms with E-state index in [-0.39, 0.29) is 0 Å². The molecule has 0 amide bonds. The molecule has 0 bridgehead atoms. The third-order valence-electron chi connectivity index (χ3n) is 5.48. The highest BCUT2D eigenvalue weighted by atomic mass is 19.1. The number of rotatable bonds is 5. The normalized spacial score (nSPS) is 21.2. The van der Waals surface area contributed by atoms with E-state index in [4.69, 9.17) is 0 Å². The van der Waals surface area contributed by atoms with Crippen LogP contribution in [-0.2, 0) is 6.42 Å². The first-order valence-electron chi connectivity index (χ1n) is 9.24. The smallest absolute Gasteiger partial charge is 0.0827 e. The topological polar surface area (TPSA) is 0 Å². The summed E-state index contributed by atoms with van der Waals surface area (Å²) in [6, 6.07) is 18.0. The fourth-order valence-corrected chi connectivity index (χ4v) is 3.86. The lowest BCUT2D eigenvalue weighted by atomic mass is 9.77. The van der Waals surface area contributed by atoms with E-state index in [1.54, 1.807) is 6.08 Å². The minimum Gasteiger partial charge on any atom is -0.216 e. The molecule has 1 fully saturated rings. The number of aryl methyl sites for hydroxylation is 1. The molecule has 0 radical (unpaired) electrons. The highest BCUT2D eigenvalue weighted by molar-refractivity contribution is 5.64. The molecular formula is C23H27F. The van der Waals surface area contributed by atoms with E-state index >= 15 is 0 Å². The molecule has 0 unspecified atom stereocenters. The molecule has 1 saturated carbocycles. The Morgan fingerprint density at radius 2 is 1.46 bits per heavy atom. The Hall–Kier alpha value is -1.89. The molecule has 0 nitrogen and oxygen atoms in total. The Kier molecular flexibility index (Phi) is 5.85. The van der Waals surface area contributed by atoms with Gasteiger partial charge in [0.2, 0.25) is 0 Å². The first-order chi connectivity index (χ1) is 11.8. The highest BCUT2D eigenvalue weighted by Gasteiger charge is 2.21. The molecule has 1 aliphatic carbocycles. The third-order valence-corrected chi connectivity index (χ3v) is 5.48. The Bertz CT molecular complexity index is 643. The maximum absolute atomic E-state index is 12.1. The van der Waals surface area contributed by atoms with Gasteiger partial charge in [0.05, 0.1) is 6.33 Å². The van der Waals surface area contributed by atoms with Crippen molar-refractivity contribution in [2.45, 2.75) is 51.4 Å². The van der Waals surface area contributed by atoms with Crippen molar-refractivity contribution >= 4 is 0 Å². The number of hydrogen-bond donors (Lipinski definition) is 0. The van der Waals surface area contributed by atoms with Crippen LogP contribution in [0, 0.1) is 5.92 Å². The molecule has 126 valence electrons. The molecule has 1 aliphatic rings. The molecule has 24 heavy (non-hydrogen) atoms. The van der Waals surface area contributed by atoms with Crippen LogP contribution in [0.3, 0.4) is 0 Å². The summed E-state index contributed by atoms with van der Waals surface area (Å²) < 4.78 is 12.1. The second kappa shape index (κ2) is 8.28. The number of hydrogen-bond acceptors (Lipinski definition) is 0. The van der Waals surface area contributed by atoms with E-state index in [0.29, 0.717) is 18.2 Å². The summed E-state index contributed by atoms with van der Waals surface area (Å²) in [7, 11) is 0. The van der Waals surface area contributed by atoms with Gasteiger partial charge in [0.25, 0.3) is 0 Å². The van der Waals surface area contributed by atoms with Gasteiger partial charge < -0.3 is 0 Å². The maximum atomic E-state index is 12.1. The van der Waals surface area contributed by atoms with E-state index in [1.165, 1.54) is 47.9 Å². The maximum Gasteiger partial charge on any atom is 0.0827 e. The molecule has 0 spiro atoms. The van der Waals surface area contributed by atoms with E-state index in [9.17, 15) is 4.39 Å². The van der Waals surface area contributed by atoms with Crippen LogP contribution < -0.4 is 0 Å². The van der Waals surface area contributed by atoms with Gasteiger partial charge in [-0.3, -0.25) is 0 Å². The quantitative estimate of drug-likeness (QED) is 0.552. The zero-order valence-electron chi connectivity index (χ0n) is 14.5. The van der Waals surface area contributed by atoms with Crippen molar-refractivity contribution in [2.24, 2.45) is 5.92 Å². The summed E-state index contributed by atoms with van der Waals surface area (Å²) in [5.41, 5.74) is 5.43. The van der Waals surface area contributed by atoms with Crippen LogP contribution in [0.4, 0.5) is 4.39 Å². The monoisotopic (exact) mass is 322 g/mol. The fraction of sp³-hybridized carbons (Fsp3) is 0.391. The van der Waals surface area contributed by atoms with E-state index in [0.717, 1.165) is 12.8 Å². The lowest BCUT2D eigenvalue weighted by Crippen LogP contribution is -2.12. The Balaban J connectivity index is 1.62. The van der Waals surface area contributed by atoms with E-state index < -0.39 is 0 Å². The van der Waals surface area contributed by atoms with Crippen LogP contribution in [0.5, 0.6) is 0 Å². The van der Waals surface area contributed by atoms with Crippen LogP contribution >= 0.6 is 0 Å². The zero-order valence-corrected chi connectivity index (χ0v) is 14.5. The van der Waals surface area contributed by atoms with Gasteiger partial charge in [0.1, 0.15) is 0 Å². The summed E-state index contributed by atoms with van der Waals surface area (Å²) in [6.45, 7) is 2.19. The van der Waals surface area contributed by atoms with Crippen molar-refractivity contribution in [3.05, 3.63) is 72.1 Å². The van der Waals surface area contributed by atoms with Gasteiger partial charge in [-0.1, -0.05) is 61.5 Å². The van der Waals surface area contributed by atoms with Crippen LogP contribution in [0.1, 0.15) is 56.1 Å². The fourth-order valence-electron chi connectivity index (χ4n) is 3.86. The standard InChI is InChI=1S/C23H27F/c1-2-18-5-9-20(10-6-18)22-13-15-23(16-14-22)21-11-7-19(8-12-21)4-3-17-24/h3,5-6,9-10,13-17,19,21H,2,4,7-8,11-12H2,1H3/t19-,21-. The van der Waals surface area contributed by atoms with Gasteiger partial charge in [-0.05, 0) is 72.6 Å². The summed E-state index contributed by atoms with van der Waals surface area (Å²) in [5.74, 6) is 1.34. The summed E-state index contributed by atoms with van der Waals surface area (Å²) in [5, 5.41) is 0. The minimum atomic E-state index is 0.671. The molecule has 0 saturated heterocycles. The van der Waals surface area contributed by atoms with Crippen LogP contribution in [0.25, 0.3) is 11.1 Å². The van der Waals surface area contributed by atoms with Crippen molar-refractivity contribution in [3.63, 3.8) is 0 Å². The van der Waals surface area contributed by atoms with Crippen LogP contribution in [0.2, 0.25) is 0 Å². The molecule has 2 aromatic carbocycles. The summed E-state index contributed by atoms with van der Waals surface area (Å²) in [4.78, 5) is 0. The predicted molar refractivity (Wildman–Crippen MR) is 101 cm³/mol. The molecule has 0 aliphatic heterocycles. The third kappa shape index (κ3) is 4.14. The largest absolute Gasteiger partial charge is 0.216 e. The lowest BCUT2D eigenvalue weighted by Gasteiger charge is -2.28. The van der Waals surface area contributed by atoms with Gasteiger partial charge >= 0.3 is 0 Å². The van der Waals surface area contributed by atoms with Gasteiger partial charge in [-0.25, -0.2) is 4.39 Å². The summed E-state index contributed by atoms with van der Waals surface area (Å²) >= 11 is 0. The van der Waals surface area contributed by atoms with Gasteiger partial charge in [0, 0.05) is 0 Å². The van der Waals surface area contributed by atoms with Crippen molar-refractivity contribution in [1.29, 1.82) is 0 Å². The first-order valence-corrected chi connectivity index (χ1v) is 9.24. The van der Waals surface area contributed by atoms with Crippen molar-refractivity contribution in [3.8, 4) is 11.1 Å². The van der Waals surface area contributed by atoms with Crippen molar-refractivity contribution in [2.75, 3.05) is 0 Å². The average Bonchev–Trinajstić information content (AvgIpc) is 2.67. The molecule has 2 aromatic rings. The van der Waals surface area contributed by atoms with Crippen molar-refractivity contribution < 1.29 is 4.39 Å². The van der Waals surface area contributed by atoms with Crippen molar-refractivity contribution in [1.82, 2.24) is 0 Å². The second-order valence-electron chi connectivity index (χ2n) is 6.99. The first kappa shape index (κ1) is 17.0. The molecule has 0 atom stereocenters. The molecule has 0 aromatic heterocycles. The minimum absolute atomic E-state index is 0.671. The molecule has 0 heterocycles. The average molecular weight is 322 g/mol. The van der Waals surface area contributed by atoms with E-state index in [1.807, 2.05) is 0 Å². The number of benzene rings is 2. The molecule has 1 heteroatoms. The zero-order chi connectivity index (χ0) is 16.8. The summed E-state index contributed by atoms with van der Waals surface area (Å²) in [6.07, 6.45) is 9.25. The van der Waals surface area contributed by atoms with Gasteiger partial charge in [0.15, 0.2) is 0 Å². The predicted octanol–water partition coefficient (Wildman–Crippen LogP) is 7.06. The van der Waals surface area contributed by atoms with Gasteiger partial charge in [-0.2, -0.15) is 0 Å². The van der Waals surface area contributed by atoms with Gasteiger partial charge in [-0.15, -0.1) is 0 Å². The molecule has 0 N–H and O–H groups in total. The Morgan fingerprint density at radius 3 is 2.00 bits per heavy atom. The molecular weight excluding hydrogens is 295 g/mol. The molecule has 3 rings (SSSR count). The Labute approximate surface area is 145 Å². The number of allylic oxidation sites excluding steroid dienone is 1. The van der Waals surface area contributed by atoms with E-state index in [2.05, 4.69) is 55.5 Å².